The number of anilines is 16. The monoisotopic (exact) mass is 2020 g/mol. The zero-order valence-electron chi connectivity index (χ0n) is 79.4. The van der Waals surface area contributed by atoms with Crippen LogP contribution >= 0.6 is 11.6 Å². The fourth-order valence-corrected chi connectivity index (χ4v) is 20.2. The van der Waals surface area contributed by atoms with Gasteiger partial charge in [0.25, 0.3) is 0 Å². The number of nitrogens with two attached hydrogens (primary N) is 1. The summed E-state index contributed by atoms with van der Waals surface area (Å²) in [6.07, 6.45) is 26.7. The minimum Gasteiger partial charge on any atom is -0.490 e. The van der Waals surface area contributed by atoms with Crippen LogP contribution in [-0.2, 0) is 0 Å². The molecule has 756 valence electrons. The molecule has 5 unspecified atom stereocenters. The quantitative estimate of drug-likeness (QED) is 0.0224. The number of hydrogen-bond acceptors (Lipinski definition) is 27. The Kier molecular flexibility index (Phi) is 27.9. The number of benzene rings is 5. The molecule has 0 spiro atoms. The third-order valence-electron chi connectivity index (χ3n) is 28.0. The average molecular weight is 2020 g/mol. The first-order valence-electron chi connectivity index (χ1n) is 49.1. The third-order valence-corrected chi connectivity index (χ3v) is 28.3. The van der Waals surface area contributed by atoms with Crippen LogP contribution in [0.5, 0.6) is 5.75 Å². The molecular formula is C102H103ClF11N31O. The lowest BCUT2D eigenvalue weighted by atomic mass is 10.0. The van der Waals surface area contributed by atoms with Crippen molar-refractivity contribution in [3.8, 4) is 5.75 Å². The Hall–Kier alpha value is -15.3. The van der Waals surface area contributed by atoms with Gasteiger partial charge >= 0.3 is 0 Å². The van der Waals surface area contributed by atoms with E-state index in [9.17, 15) is 43.9 Å². The number of aromatic nitrogens is 20. The lowest BCUT2D eigenvalue weighted by Gasteiger charge is -2.28. The third kappa shape index (κ3) is 21.6. The molecule has 12 N–H and O–H groups in total. The molecular weight excluding hydrogens is 1920 g/mol. The van der Waals surface area contributed by atoms with Gasteiger partial charge in [-0.1, -0.05) is 41.9 Å². The van der Waals surface area contributed by atoms with Crippen molar-refractivity contribution >= 4 is 105 Å². The van der Waals surface area contributed by atoms with Crippen molar-refractivity contribution in [2.45, 2.75) is 195 Å². The van der Waals surface area contributed by atoms with Gasteiger partial charge in [-0.2, -0.15) is 29.9 Å². The molecule has 10 fully saturated rings. The van der Waals surface area contributed by atoms with Crippen molar-refractivity contribution < 1.29 is 53.0 Å². The van der Waals surface area contributed by atoms with Gasteiger partial charge in [0.15, 0.2) is 75.6 Å². The Morgan fingerprint density at radius 2 is 0.562 bits per heavy atom. The molecule has 0 radical (unpaired) electrons. The lowest BCUT2D eigenvalue weighted by Crippen LogP contribution is -2.26. The minimum atomic E-state index is -0.640. The van der Waals surface area contributed by atoms with E-state index in [-0.39, 0.29) is 35.8 Å². The summed E-state index contributed by atoms with van der Waals surface area (Å²) in [7, 11) is 1.55. The molecule has 32 nitrogen and oxygen atoms in total. The maximum absolute atomic E-state index is 15.2. The van der Waals surface area contributed by atoms with Gasteiger partial charge in [-0.25, -0.2) is 93.7 Å². The van der Waals surface area contributed by atoms with Crippen LogP contribution < -0.4 is 61.6 Å². The Morgan fingerprint density at radius 1 is 0.301 bits per heavy atom. The van der Waals surface area contributed by atoms with Crippen molar-refractivity contribution in [2.24, 2.45) is 0 Å². The molecule has 44 heteroatoms. The second kappa shape index (κ2) is 42.2. The fraction of sp³-hybridized carbons (Fsp3) is 0.363. The number of ether oxygens (including phenoxy) is 1. The van der Waals surface area contributed by atoms with Gasteiger partial charge in [0, 0.05) is 185 Å². The van der Waals surface area contributed by atoms with Crippen LogP contribution in [0.3, 0.4) is 0 Å². The summed E-state index contributed by atoms with van der Waals surface area (Å²) < 4.78 is 159. The summed E-state index contributed by atoms with van der Waals surface area (Å²) in [5.74, 6) is 4.49. The molecule has 5 saturated heterocycles. The number of methoxy groups -OCH3 is 1. The van der Waals surface area contributed by atoms with Crippen LogP contribution in [0.1, 0.15) is 250 Å². The van der Waals surface area contributed by atoms with Crippen molar-refractivity contribution in [1.29, 1.82) is 0 Å². The first-order valence-corrected chi connectivity index (χ1v) is 49.4. The molecule has 25 rings (SSSR count). The summed E-state index contributed by atoms with van der Waals surface area (Å²) in [5, 5.41) is 52.5. The Labute approximate surface area is 835 Å². The second-order valence-electron chi connectivity index (χ2n) is 38.1. The van der Waals surface area contributed by atoms with Crippen molar-refractivity contribution in [2.75, 3.05) is 96.7 Å². The van der Waals surface area contributed by atoms with Crippen LogP contribution in [0.15, 0.2) is 153 Å². The van der Waals surface area contributed by atoms with Gasteiger partial charge in [-0.15, -0.1) is 0 Å². The van der Waals surface area contributed by atoms with Gasteiger partial charge in [0.05, 0.1) is 37.3 Å². The van der Waals surface area contributed by atoms with E-state index in [1.165, 1.54) is 144 Å². The number of H-pyrrole nitrogens is 5. The van der Waals surface area contributed by atoms with E-state index in [1.807, 2.05) is 52.0 Å². The molecule has 5 aliphatic carbocycles. The maximum Gasteiger partial charge on any atom is 0.208 e. The van der Waals surface area contributed by atoms with E-state index < -0.39 is 70.0 Å². The predicted molar refractivity (Wildman–Crippen MR) is 528 cm³/mol. The second-order valence-corrected chi connectivity index (χ2v) is 38.4. The fourth-order valence-electron chi connectivity index (χ4n) is 19.9. The topological polar surface area (TPSA) is 384 Å². The predicted octanol–water partition coefficient (Wildman–Crippen LogP) is 22.9. The lowest BCUT2D eigenvalue weighted by molar-refractivity contribution is 0.411. The van der Waals surface area contributed by atoms with Crippen LogP contribution in [-0.4, -0.2) is 141 Å². The summed E-state index contributed by atoms with van der Waals surface area (Å²) in [5.41, 5.74) is 15.3. The molecule has 0 amide bonds. The highest BCUT2D eigenvalue weighted by Gasteiger charge is 2.40. The molecule has 5 atom stereocenters. The largest absolute Gasteiger partial charge is 0.490 e. The zero-order chi connectivity index (χ0) is 100. The van der Waals surface area contributed by atoms with Crippen LogP contribution in [0.25, 0.3) is 0 Å². The van der Waals surface area contributed by atoms with Crippen molar-refractivity contribution in [3.63, 3.8) is 0 Å². The zero-order valence-corrected chi connectivity index (χ0v) is 80.1. The molecule has 10 aliphatic rings. The van der Waals surface area contributed by atoms with Gasteiger partial charge in [0.1, 0.15) is 112 Å². The Bertz CT molecular complexity index is 6540. The number of halogens is 12. The summed E-state index contributed by atoms with van der Waals surface area (Å²) in [6, 6.07) is 26.7. The standard InChI is InChI=1S/C21H22F2N6O.C21H22F2N6.C20H19ClF2N6.C20H19F3N6.C20H21F2N7/c1-30-19-20(26-18-10-16(27-28-18)12-4-5-12)24-11-25-21(19)29-8-2-3-17(29)14-7-6-13(22)9-15(14)23;1-12-20(26-19-10-17(27-28-19)13-4-5-13)24-11-25-21(12)29-8-2-3-18(29)15-7-6-14(22)9-16(15)23;21-18-19(26-17-9-15(27-28-17)11-3-4-11)24-10-25-20(18)29-7-1-2-16(29)13-6-5-12(22)8-14(13)23;2*21-12-5-6-13(14(22)8-12)16-2-1-7-29(16)20-18(23)19(24-10-25-20)26-17-9-15(27-28-17)11-3-4-11/h6-7,9-12,17H,2-5,8H2,1H3,(H2,24,25,26,27,28);6-7,9-11,13,18H,2-5,8H2,1H3,(H2,24,25,26,27,28);2*5-6,8-11,16H,1-4,7H2,(H2,24,25,26,27,28);5-6,8-11,16H,1-4,7,23H2,(H2,24,25,26,27,28). The number of hydrogen-bond donors (Lipinski definition) is 11. The Morgan fingerprint density at radius 3 is 0.911 bits per heavy atom. The maximum atomic E-state index is 15.2. The number of nitrogens with one attached hydrogen (secondary N) is 10. The highest BCUT2D eigenvalue weighted by molar-refractivity contribution is 6.35. The van der Waals surface area contributed by atoms with Crippen LogP contribution in [0, 0.1) is 70.9 Å². The molecule has 146 heavy (non-hydrogen) atoms. The molecule has 5 aromatic carbocycles. The average Bonchev–Trinajstić information content (AvgIpc) is 1.62. The molecule has 0 bridgehead atoms. The minimum absolute atomic E-state index is 0.00840. The highest BCUT2D eigenvalue weighted by atomic mass is 35.5. The first-order chi connectivity index (χ1) is 71.0. The molecule has 5 aliphatic heterocycles. The SMILES string of the molecule is COc1c(Nc2cc(C3CC3)[nH]n2)ncnc1N1CCCC1c1ccc(F)cc1F.Cc1c(Nc2cc(C3CC3)[nH]n2)ncnc1N1CCCC1c1ccc(F)cc1F.Fc1ccc(C2CCCN2c2ncnc(Nc3cc(C4CC4)[nH]n3)c2Cl)c(F)c1.Fc1ccc(C2CCCN2c2ncnc(Nc3cc(C4CC4)[nH]n3)c2F)c(F)c1.Nc1c(Nc2cc(C3CC3)[nH]n2)ncnc1N1CCCC1c1ccc(F)cc1F. The van der Waals surface area contributed by atoms with Crippen molar-refractivity contribution in [3.05, 3.63) is 284 Å². The van der Waals surface area contributed by atoms with E-state index in [1.54, 1.807) is 12.0 Å². The van der Waals surface area contributed by atoms with Gasteiger partial charge in [-0.3, -0.25) is 25.5 Å². The normalized spacial score (nSPS) is 18.9. The Balaban J connectivity index is 0.000000107. The summed E-state index contributed by atoms with van der Waals surface area (Å²) in [6.45, 7) is 5.25. The highest BCUT2D eigenvalue weighted by Crippen LogP contribution is 2.51. The number of rotatable bonds is 26. The van der Waals surface area contributed by atoms with E-state index in [2.05, 4.69) is 132 Å². The molecule has 5 saturated carbocycles. The van der Waals surface area contributed by atoms with E-state index >= 15 is 4.39 Å². The van der Waals surface area contributed by atoms with E-state index in [4.69, 9.17) is 22.1 Å². The number of nitrogen functional groups attached to an aromatic ring is 1. The van der Waals surface area contributed by atoms with E-state index in [0.29, 0.717) is 170 Å². The van der Waals surface area contributed by atoms with Gasteiger partial charge in [-0.05, 0) is 166 Å². The molecule has 15 aromatic rings. The van der Waals surface area contributed by atoms with E-state index in [0.717, 1.165) is 153 Å². The van der Waals surface area contributed by atoms with Gasteiger partial charge in [0.2, 0.25) is 11.6 Å². The number of aromatic amines is 5. The van der Waals surface area contributed by atoms with Crippen LogP contribution in [0.2, 0.25) is 5.02 Å². The summed E-state index contributed by atoms with van der Waals surface area (Å²) in [4.78, 5) is 52.6. The van der Waals surface area contributed by atoms with Crippen LogP contribution in [0.4, 0.5) is 141 Å². The first kappa shape index (κ1) is 96.8. The molecule has 15 heterocycles. The summed E-state index contributed by atoms with van der Waals surface area (Å²) >= 11 is 6.62. The number of nitrogens with zero attached hydrogens (tertiary/aromatic N) is 20. The van der Waals surface area contributed by atoms with Gasteiger partial charge < -0.3 is 61.6 Å². The smallest absolute Gasteiger partial charge is 0.208 e. The molecule has 10 aromatic heterocycles. The van der Waals surface area contributed by atoms with Crippen molar-refractivity contribution in [1.82, 2.24) is 101 Å².